The second-order valence-electron chi connectivity index (χ2n) is 8.94. The van der Waals surface area contributed by atoms with E-state index in [-0.39, 0.29) is 11.8 Å². The van der Waals surface area contributed by atoms with E-state index in [2.05, 4.69) is 10.5 Å². The highest BCUT2D eigenvalue weighted by atomic mass is 16.5. The van der Waals surface area contributed by atoms with Crippen molar-refractivity contribution >= 4 is 11.8 Å². The van der Waals surface area contributed by atoms with Crippen LogP contribution in [-0.2, 0) is 22.4 Å². The molecule has 1 aliphatic heterocycles. The number of carbonyl (C=O) groups is 2. The minimum Gasteiger partial charge on any atom is -0.361 e. The Labute approximate surface area is 195 Å². The van der Waals surface area contributed by atoms with E-state index < -0.39 is 5.41 Å². The normalized spacial score (nSPS) is 18.2. The van der Waals surface area contributed by atoms with Gasteiger partial charge < -0.3 is 14.7 Å². The molecule has 2 heterocycles. The first-order valence-corrected chi connectivity index (χ1v) is 11.6. The molecule has 4 rings (SSSR count). The van der Waals surface area contributed by atoms with Crippen LogP contribution >= 0.6 is 0 Å². The first-order valence-electron chi connectivity index (χ1n) is 11.6. The number of hydrogen-bond donors (Lipinski definition) is 1. The van der Waals surface area contributed by atoms with Crippen molar-refractivity contribution in [1.82, 2.24) is 15.4 Å². The molecule has 3 aromatic rings. The Balaban J connectivity index is 1.53. The Kier molecular flexibility index (Phi) is 6.92. The van der Waals surface area contributed by atoms with Crippen molar-refractivity contribution in [1.29, 1.82) is 0 Å². The molecule has 0 aliphatic carbocycles. The fourth-order valence-electron chi connectivity index (χ4n) is 4.57. The van der Waals surface area contributed by atoms with Crippen LogP contribution in [0.3, 0.4) is 0 Å². The molecule has 0 bridgehead atoms. The second kappa shape index (κ2) is 10.0. The van der Waals surface area contributed by atoms with Crippen molar-refractivity contribution in [3.8, 4) is 11.3 Å². The molecule has 1 saturated heterocycles. The highest BCUT2D eigenvalue weighted by Crippen LogP contribution is 2.35. The maximum Gasteiger partial charge on any atom is 0.228 e. The average Bonchev–Trinajstić information content (AvgIpc) is 3.29. The molecule has 6 nitrogen and oxygen atoms in total. The molecule has 0 spiro atoms. The van der Waals surface area contributed by atoms with E-state index >= 15 is 0 Å². The fourth-order valence-corrected chi connectivity index (χ4v) is 4.57. The molecule has 2 amide bonds. The van der Waals surface area contributed by atoms with Gasteiger partial charge in [0.1, 0.15) is 11.5 Å². The number of amides is 2. The van der Waals surface area contributed by atoms with Gasteiger partial charge in [-0.25, -0.2) is 0 Å². The minimum absolute atomic E-state index is 0.0319. The summed E-state index contributed by atoms with van der Waals surface area (Å²) in [5, 5.41) is 7.21. The summed E-state index contributed by atoms with van der Waals surface area (Å²) in [6.07, 6.45) is 2.23. The smallest absolute Gasteiger partial charge is 0.228 e. The molecule has 33 heavy (non-hydrogen) atoms. The lowest BCUT2D eigenvalue weighted by Gasteiger charge is -2.41. The highest BCUT2D eigenvalue weighted by molar-refractivity contribution is 5.85. The molecule has 1 aliphatic rings. The summed E-state index contributed by atoms with van der Waals surface area (Å²) >= 11 is 0. The molecule has 1 unspecified atom stereocenters. The molecule has 1 aromatic heterocycles. The predicted octanol–water partition coefficient (Wildman–Crippen LogP) is 4.18. The van der Waals surface area contributed by atoms with Crippen molar-refractivity contribution < 1.29 is 14.1 Å². The molecule has 0 radical (unpaired) electrons. The van der Waals surface area contributed by atoms with Gasteiger partial charge in [0.15, 0.2) is 0 Å². The van der Waals surface area contributed by atoms with Gasteiger partial charge in [-0.05, 0) is 32.3 Å². The third-order valence-corrected chi connectivity index (χ3v) is 6.37. The van der Waals surface area contributed by atoms with Crippen LogP contribution in [0.4, 0.5) is 0 Å². The summed E-state index contributed by atoms with van der Waals surface area (Å²) in [5.41, 5.74) is 3.15. The Bertz CT molecular complexity index is 1090. The van der Waals surface area contributed by atoms with Crippen LogP contribution in [0.15, 0.2) is 65.2 Å². The maximum absolute atomic E-state index is 13.3. The van der Waals surface area contributed by atoms with Crippen LogP contribution in [0, 0.1) is 12.3 Å². The summed E-state index contributed by atoms with van der Waals surface area (Å²) in [6.45, 7) is 5.53. The van der Waals surface area contributed by atoms with E-state index in [0.717, 1.165) is 23.2 Å². The summed E-state index contributed by atoms with van der Waals surface area (Å²) in [7, 11) is 0. The predicted molar refractivity (Wildman–Crippen MR) is 127 cm³/mol. The summed E-state index contributed by atoms with van der Waals surface area (Å²) < 4.78 is 5.64. The minimum atomic E-state index is -0.731. The van der Waals surface area contributed by atoms with Crippen molar-refractivity contribution in [2.75, 3.05) is 19.6 Å². The first-order chi connectivity index (χ1) is 16.0. The standard InChI is InChI=1S/C27H31N3O3/c1-3-28-26(32)27(18-23-17-24(29-33-23)22-8-5-4-6-9-22)14-7-15-30(19-27)25(31)16-21-12-10-20(2)11-13-21/h4-6,8-13,17H,3,7,14-16,18-19H2,1-2H3,(H,28,32). The molecule has 172 valence electrons. The van der Waals surface area contributed by atoms with Gasteiger partial charge in [0.2, 0.25) is 11.8 Å². The number of nitrogens with one attached hydrogen (secondary N) is 1. The lowest BCUT2D eigenvalue weighted by Crippen LogP contribution is -2.54. The molecular formula is C27H31N3O3. The van der Waals surface area contributed by atoms with Gasteiger partial charge in [0, 0.05) is 37.7 Å². The summed E-state index contributed by atoms with van der Waals surface area (Å²) in [5.74, 6) is 0.679. The summed E-state index contributed by atoms with van der Waals surface area (Å²) in [4.78, 5) is 28.2. The number of aromatic nitrogens is 1. The van der Waals surface area contributed by atoms with E-state index in [1.54, 1.807) is 0 Å². The van der Waals surface area contributed by atoms with Crippen LogP contribution < -0.4 is 5.32 Å². The van der Waals surface area contributed by atoms with Gasteiger partial charge in [-0.1, -0.05) is 65.3 Å². The number of carbonyl (C=O) groups excluding carboxylic acids is 2. The van der Waals surface area contributed by atoms with Gasteiger partial charge in [0.25, 0.3) is 0 Å². The zero-order valence-electron chi connectivity index (χ0n) is 19.3. The number of benzene rings is 2. The molecule has 6 heteroatoms. The number of piperidine rings is 1. The van der Waals surface area contributed by atoms with E-state index in [1.807, 2.05) is 79.4 Å². The van der Waals surface area contributed by atoms with Crippen molar-refractivity contribution in [2.45, 2.75) is 39.5 Å². The second-order valence-corrected chi connectivity index (χ2v) is 8.94. The molecule has 0 saturated carbocycles. The maximum atomic E-state index is 13.3. The molecule has 1 atom stereocenters. The lowest BCUT2D eigenvalue weighted by molar-refractivity contribution is -0.141. The number of hydrogen-bond acceptors (Lipinski definition) is 4. The van der Waals surface area contributed by atoms with Crippen LogP contribution in [0.2, 0.25) is 0 Å². The van der Waals surface area contributed by atoms with Gasteiger partial charge >= 0.3 is 0 Å². The number of likely N-dealkylation sites (tertiary alicyclic amines) is 1. The SMILES string of the molecule is CCNC(=O)C1(Cc2cc(-c3ccccc3)no2)CCCN(C(=O)Cc2ccc(C)cc2)C1. The number of rotatable bonds is 7. The average molecular weight is 446 g/mol. The Morgan fingerprint density at radius 3 is 2.61 bits per heavy atom. The van der Waals surface area contributed by atoms with Crippen LogP contribution in [0.5, 0.6) is 0 Å². The molecule has 2 aromatic carbocycles. The monoisotopic (exact) mass is 445 g/mol. The van der Waals surface area contributed by atoms with Gasteiger partial charge in [-0.3, -0.25) is 9.59 Å². The lowest BCUT2D eigenvalue weighted by atomic mass is 9.75. The van der Waals surface area contributed by atoms with Crippen LogP contribution in [-0.4, -0.2) is 41.5 Å². The Hall–Kier alpha value is -3.41. The van der Waals surface area contributed by atoms with E-state index in [4.69, 9.17) is 4.52 Å². The largest absolute Gasteiger partial charge is 0.361 e. The molecular weight excluding hydrogens is 414 g/mol. The quantitative estimate of drug-likeness (QED) is 0.592. The van der Waals surface area contributed by atoms with Crippen molar-refractivity contribution in [2.24, 2.45) is 5.41 Å². The van der Waals surface area contributed by atoms with E-state index in [1.165, 1.54) is 5.56 Å². The van der Waals surface area contributed by atoms with Crippen molar-refractivity contribution in [3.05, 3.63) is 77.6 Å². The third kappa shape index (κ3) is 5.33. The topological polar surface area (TPSA) is 75.4 Å². The zero-order chi connectivity index (χ0) is 23.3. The zero-order valence-corrected chi connectivity index (χ0v) is 19.3. The highest BCUT2D eigenvalue weighted by Gasteiger charge is 2.44. The van der Waals surface area contributed by atoms with Gasteiger partial charge in [-0.15, -0.1) is 0 Å². The summed E-state index contributed by atoms with van der Waals surface area (Å²) in [6, 6.07) is 19.8. The number of nitrogens with zero attached hydrogens (tertiary/aromatic N) is 2. The van der Waals surface area contributed by atoms with Gasteiger partial charge in [-0.2, -0.15) is 0 Å². The van der Waals surface area contributed by atoms with Gasteiger partial charge in [0.05, 0.1) is 11.8 Å². The van der Waals surface area contributed by atoms with E-state index in [9.17, 15) is 9.59 Å². The first kappa shape index (κ1) is 22.8. The van der Waals surface area contributed by atoms with Crippen molar-refractivity contribution in [3.63, 3.8) is 0 Å². The van der Waals surface area contributed by atoms with E-state index in [0.29, 0.717) is 44.7 Å². The Morgan fingerprint density at radius 2 is 1.88 bits per heavy atom. The van der Waals surface area contributed by atoms with Crippen LogP contribution in [0.25, 0.3) is 11.3 Å². The fraction of sp³-hybridized carbons (Fsp3) is 0.370. The third-order valence-electron chi connectivity index (χ3n) is 6.37. The Morgan fingerprint density at radius 1 is 1.12 bits per heavy atom. The molecule has 1 N–H and O–H groups in total. The van der Waals surface area contributed by atoms with Crippen LogP contribution in [0.1, 0.15) is 36.7 Å². The number of aryl methyl sites for hydroxylation is 1. The molecule has 1 fully saturated rings.